The first-order chi connectivity index (χ1) is 17.5. The molecule has 1 N–H and O–H groups in total. The van der Waals surface area contributed by atoms with Gasteiger partial charge < -0.3 is 33.7 Å². The Labute approximate surface area is 215 Å². The van der Waals surface area contributed by atoms with Crippen LogP contribution in [-0.2, 0) is 11.3 Å². The summed E-state index contributed by atoms with van der Waals surface area (Å²) >= 11 is 3.46. The molecule has 3 aromatic rings. The Hall–Kier alpha value is -3.92. The highest BCUT2D eigenvalue weighted by Gasteiger charge is 2.41. The van der Waals surface area contributed by atoms with E-state index in [-0.39, 0.29) is 18.9 Å². The summed E-state index contributed by atoms with van der Waals surface area (Å²) < 4.78 is 33.7. The molecule has 0 bridgehead atoms. The zero-order valence-electron chi connectivity index (χ0n) is 19.4. The number of ketones is 1. The number of hydrogen-bond donors (Lipinski definition) is 1. The molecule has 0 aliphatic carbocycles. The second-order valence-corrected chi connectivity index (χ2v) is 8.88. The van der Waals surface area contributed by atoms with Crippen molar-refractivity contribution < 1.29 is 38.0 Å². The molecular weight excluding hydrogens is 534 g/mol. The van der Waals surface area contributed by atoms with Crippen LogP contribution in [0.25, 0.3) is 0 Å². The molecule has 2 heterocycles. The minimum Gasteiger partial charge on any atom is -0.497 e. The quantitative estimate of drug-likeness (QED) is 0.462. The first-order valence-electron chi connectivity index (χ1n) is 11.0. The van der Waals surface area contributed by atoms with Crippen LogP contribution in [0.2, 0.25) is 0 Å². The van der Waals surface area contributed by atoms with Crippen LogP contribution >= 0.6 is 15.9 Å². The molecule has 9 nitrogen and oxygen atoms in total. The highest BCUT2D eigenvalue weighted by molar-refractivity contribution is 9.10. The van der Waals surface area contributed by atoms with Crippen molar-refractivity contribution in [2.24, 2.45) is 0 Å². The minimum absolute atomic E-state index is 0.160. The molecule has 10 heteroatoms. The fourth-order valence-corrected chi connectivity index (χ4v) is 4.58. The number of ether oxygens (including phenoxy) is 6. The number of nitrogens with one attached hydrogen (secondary N) is 1. The predicted molar refractivity (Wildman–Crippen MR) is 131 cm³/mol. The van der Waals surface area contributed by atoms with Gasteiger partial charge in [0.05, 0.1) is 24.3 Å². The minimum atomic E-state index is -1.23. The van der Waals surface area contributed by atoms with E-state index < -0.39 is 24.1 Å². The van der Waals surface area contributed by atoms with Gasteiger partial charge in [-0.15, -0.1) is 0 Å². The van der Waals surface area contributed by atoms with Crippen LogP contribution in [-0.4, -0.2) is 39.0 Å². The summed E-state index contributed by atoms with van der Waals surface area (Å²) in [6.07, 6.45) is -2.88. The third-order valence-corrected chi connectivity index (χ3v) is 6.47. The molecule has 1 unspecified atom stereocenters. The topological polar surface area (TPSA) is 102 Å². The Balaban J connectivity index is 1.39. The number of alkyl carbamates (subject to hydrolysis) is 1. The van der Waals surface area contributed by atoms with Crippen molar-refractivity contribution >= 4 is 27.8 Å². The molecule has 1 amide bonds. The van der Waals surface area contributed by atoms with Gasteiger partial charge in [-0.05, 0) is 69.5 Å². The smallest absolute Gasteiger partial charge is 0.408 e. The maximum Gasteiger partial charge on any atom is 0.408 e. The maximum atomic E-state index is 13.5. The average Bonchev–Trinajstić information content (AvgIpc) is 3.36. The Bertz CT molecular complexity index is 1330. The van der Waals surface area contributed by atoms with Gasteiger partial charge in [0.2, 0.25) is 18.7 Å². The predicted octanol–water partition coefficient (Wildman–Crippen LogP) is 4.81. The first kappa shape index (κ1) is 23.8. The molecule has 5 rings (SSSR count). The Morgan fingerprint density at radius 3 is 2.58 bits per heavy atom. The normalized spacial score (nSPS) is 17.6. The third kappa shape index (κ3) is 4.64. The van der Waals surface area contributed by atoms with E-state index in [1.165, 1.54) is 7.11 Å². The molecule has 0 saturated heterocycles. The number of amides is 1. The van der Waals surface area contributed by atoms with E-state index in [0.717, 1.165) is 5.56 Å². The highest BCUT2D eigenvalue weighted by atomic mass is 79.9. The van der Waals surface area contributed by atoms with Gasteiger partial charge in [0.1, 0.15) is 17.2 Å². The van der Waals surface area contributed by atoms with Crippen molar-refractivity contribution in [1.29, 1.82) is 0 Å². The van der Waals surface area contributed by atoms with Gasteiger partial charge in [-0.3, -0.25) is 4.79 Å². The SMILES string of the molecule is COc1ccc2c(c1)C(=O)C(OC(=O)NCc1ccc3c(c1)OCO3)[C@H](c1ccc(OC)c(Br)c1)O2. The Morgan fingerprint density at radius 2 is 1.81 bits per heavy atom. The van der Waals surface area contributed by atoms with E-state index in [1.54, 1.807) is 55.6 Å². The molecule has 0 fully saturated rings. The van der Waals surface area contributed by atoms with Crippen LogP contribution < -0.4 is 29.0 Å². The van der Waals surface area contributed by atoms with Crippen LogP contribution in [0, 0.1) is 0 Å². The van der Waals surface area contributed by atoms with Crippen molar-refractivity contribution in [3.05, 3.63) is 75.8 Å². The number of halogens is 1. The lowest BCUT2D eigenvalue weighted by atomic mass is 9.93. The van der Waals surface area contributed by atoms with Gasteiger partial charge in [0.15, 0.2) is 17.6 Å². The summed E-state index contributed by atoms with van der Waals surface area (Å²) in [6.45, 7) is 0.327. The summed E-state index contributed by atoms with van der Waals surface area (Å²) in [5, 5.41) is 2.69. The van der Waals surface area contributed by atoms with Crippen molar-refractivity contribution in [3.8, 4) is 28.7 Å². The number of benzene rings is 3. The molecule has 3 aromatic carbocycles. The van der Waals surface area contributed by atoms with E-state index in [2.05, 4.69) is 21.2 Å². The molecule has 0 radical (unpaired) electrons. The van der Waals surface area contributed by atoms with E-state index in [9.17, 15) is 9.59 Å². The molecule has 0 saturated carbocycles. The van der Waals surface area contributed by atoms with Crippen molar-refractivity contribution in [1.82, 2.24) is 5.32 Å². The number of rotatable bonds is 6. The molecule has 2 atom stereocenters. The van der Waals surface area contributed by atoms with Gasteiger partial charge >= 0.3 is 6.09 Å². The van der Waals surface area contributed by atoms with Crippen LogP contribution in [0.5, 0.6) is 28.7 Å². The first-order valence-corrected chi connectivity index (χ1v) is 11.8. The molecule has 2 aliphatic rings. The van der Waals surface area contributed by atoms with E-state index in [1.807, 2.05) is 6.07 Å². The Kier molecular flexibility index (Phi) is 6.60. The van der Waals surface area contributed by atoms with Gasteiger partial charge in [-0.1, -0.05) is 12.1 Å². The number of methoxy groups -OCH3 is 2. The second-order valence-electron chi connectivity index (χ2n) is 8.03. The highest BCUT2D eigenvalue weighted by Crippen LogP contribution is 2.40. The van der Waals surface area contributed by atoms with Crippen LogP contribution in [0.1, 0.15) is 27.6 Å². The van der Waals surface area contributed by atoms with Gasteiger partial charge in [0.25, 0.3) is 0 Å². The summed E-state index contributed by atoms with van der Waals surface area (Å²) in [6, 6.07) is 15.6. The zero-order valence-corrected chi connectivity index (χ0v) is 21.0. The fourth-order valence-electron chi connectivity index (χ4n) is 4.02. The lowest BCUT2D eigenvalue weighted by molar-refractivity contribution is 0.00889. The monoisotopic (exact) mass is 555 g/mol. The summed E-state index contributed by atoms with van der Waals surface area (Å²) in [5.74, 6) is 2.33. The van der Waals surface area contributed by atoms with E-state index >= 15 is 0 Å². The van der Waals surface area contributed by atoms with Crippen molar-refractivity contribution in [2.45, 2.75) is 18.8 Å². The molecule has 0 aromatic heterocycles. The zero-order chi connectivity index (χ0) is 25.2. The van der Waals surface area contributed by atoms with E-state index in [0.29, 0.717) is 38.8 Å². The van der Waals surface area contributed by atoms with Gasteiger partial charge in [0, 0.05) is 6.54 Å². The van der Waals surface area contributed by atoms with Crippen molar-refractivity contribution in [3.63, 3.8) is 0 Å². The number of Topliss-reactive ketones (excluding diaryl/α,β-unsaturated/α-hetero) is 1. The molecule has 186 valence electrons. The van der Waals surface area contributed by atoms with Crippen LogP contribution in [0.4, 0.5) is 4.79 Å². The van der Waals surface area contributed by atoms with Crippen LogP contribution in [0.15, 0.2) is 59.1 Å². The van der Waals surface area contributed by atoms with E-state index in [4.69, 9.17) is 28.4 Å². The largest absolute Gasteiger partial charge is 0.497 e. The number of carbonyl (C=O) groups excluding carboxylic acids is 2. The lowest BCUT2D eigenvalue weighted by Crippen LogP contribution is -2.42. The second kappa shape index (κ2) is 9.98. The molecular formula is C26H22BrNO8. The summed E-state index contributed by atoms with van der Waals surface area (Å²) in [5.41, 5.74) is 1.69. The molecule has 36 heavy (non-hydrogen) atoms. The average molecular weight is 556 g/mol. The van der Waals surface area contributed by atoms with Crippen molar-refractivity contribution in [2.75, 3.05) is 21.0 Å². The standard InChI is InChI=1S/C26H22BrNO8/c1-31-16-5-8-19-17(11-16)23(29)25(24(35-19)15-4-7-20(32-2)18(27)10-15)36-26(30)28-12-14-3-6-21-22(9-14)34-13-33-21/h3-11,24-25H,12-13H2,1-2H3,(H,28,30)/t24-,25?/m0/s1. The summed E-state index contributed by atoms with van der Waals surface area (Å²) in [4.78, 5) is 26.3. The number of fused-ring (bicyclic) bond motifs is 2. The lowest BCUT2D eigenvalue weighted by Gasteiger charge is -2.32. The maximum absolute atomic E-state index is 13.5. The Morgan fingerprint density at radius 1 is 1.00 bits per heavy atom. The fraction of sp³-hybridized carbons (Fsp3) is 0.231. The van der Waals surface area contributed by atoms with Gasteiger partial charge in [-0.2, -0.15) is 0 Å². The van der Waals surface area contributed by atoms with Gasteiger partial charge in [-0.25, -0.2) is 4.79 Å². The third-order valence-electron chi connectivity index (χ3n) is 5.85. The summed E-state index contributed by atoms with van der Waals surface area (Å²) in [7, 11) is 3.06. The molecule has 0 spiro atoms. The van der Waals surface area contributed by atoms with Crippen LogP contribution in [0.3, 0.4) is 0 Å². The molecule has 2 aliphatic heterocycles. The number of carbonyl (C=O) groups is 2. The number of hydrogen-bond acceptors (Lipinski definition) is 8.